The summed E-state index contributed by atoms with van der Waals surface area (Å²) in [6.45, 7) is 6.22. The molecule has 0 atom stereocenters. The predicted octanol–water partition coefficient (Wildman–Crippen LogP) is 2.35. The zero-order valence-corrected chi connectivity index (χ0v) is 13.2. The van der Waals surface area contributed by atoms with E-state index in [1.807, 2.05) is 4.90 Å². The third-order valence-electron chi connectivity index (χ3n) is 5.00. The molecule has 4 nitrogen and oxygen atoms in total. The molecule has 0 aromatic heterocycles. The Morgan fingerprint density at radius 2 is 1.91 bits per heavy atom. The fourth-order valence-electron chi connectivity index (χ4n) is 3.54. The monoisotopic (exact) mass is 297 g/mol. The van der Waals surface area contributed by atoms with Crippen LogP contribution in [-0.4, -0.2) is 49.6 Å². The van der Waals surface area contributed by atoms with Gasteiger partial charge in [0.05, 0.1) is 0 Å². The first-order valence-electron chi connectivity index (χ1n) is 8.30. The summed E-state index contributed by atoms with van der Waals surface area (Å²) in [6.07, 6.45) is 7.20. The van der Waals surface area contributed by atoms with Crippen molar-refractivity contribution in [3.05, 3.63) is 29.8 Å². The summed E-state index contributed by atoms with van der Waals surface area (Å²) in [5, 5.41) is 0. The summed E-state index contributed by atoms with van der Waals surface area (Å²) in [5.41, 5.74) is 4.00. The predicted molar refractivity (Wildman–Crippen MR) is 90.3 cm³/mol. The number of fused-ring (bicyclic) bond motifs is 1. The first-order chi connectivity index (χ1) is 10.7. The molecule has 3 aliphatic rings. The Labute approximate surface area is 132 Å². The van der Waals surface area contributed by atoms with E-state index in [4.69, 9.17) is 0 Å². The lowest BCUT2D eigenvalue weighted by Gasteiger charge is -2.36. The molecule has 116 valence electrons. The molecule has 22 heavy (non-hydrogen) atoms. The minimum absolute atomic E-state index is 0.188. The van der Waals surface area contributed by atoms with Gasteiger partial charge in [-0.25, -0.2) is 0 Å². The second kappa shape index (κ2) is 5.34. The van der Waals surface area contributed by atoms with E-state index < -0.39 is 0 Å². The molecule has 1 saturated carbocycles. The highest BCUT2D eigenvalue weighted by Crippen LogP contribution is 2.37. The van der Waals surface area contributed by atoms with Crippen molar-refractivity contribution < 1.29 is 4.79 Å². The number of carbonyl (C=O) groups is 1. The van der Waals surface area contributed by atoms with Crippen LogP contribution in [0.2, 0.25) is 0 Å². The third kappa shape index (κ3) is 2.47. The maximum Gasteiger partial charge on any atom is 0.219 e. The number of rotatable bonds is 2. The lowest BCUT2D eigenvalue weighted by atomic mass is 10.1. The van der Waals surface area contributed by atoms with Gasteiger partial charge in [0.1, 0.15) is 0 Å². The van der Waals surface area contributed by atoms with Crippen LogP contribution in [0.25, 0.3) is 6.08 Å². The quantitative estimate of drug-likeness (QED) is 0.838. The molecule has 1 saturated heterocycles. The topological polar surface area (TPSA) is 26.8 Å². The van der Waals surface area contributed by atoms with Crippen LogP contribution in [0.1, 0.15) is 25.3 Å². The van der Waals surface area contributed by atoms with Crippen LogP contribution in [0.4, 0.5) is 11.4 Å². The van der Waals surface area contributed by atoms with Crippen LogP contribution in [0, 0.1) is 0 Å². The van der Waals surface area contributed by atoms with Crippen molar-refractivity contribution in [1.29, 1.82) is 0 Å². The Hall–Kier alpha value is -1.97. The smallest absolute Gasteiger partial charge is 0.219 e. The number of hydrogen-bond donors (Lipinski definition) is 0. The van der Waals surface area contributed by atoms with Gasteiger partial charge in [-0.2, -0.15) is 0 Å². The summed E-state index contributed by atoms with van der Waals surface area (Å²) < 4.78 is 0. The molecule has 4 rings (SSSR count). The van der Waals surface area contributed by atoms with Crippen molar-refractivity contribution in [2.45, 2.75) is 25.8 Å². The molecular formula is C18H23N3O. The van der Waals surface area contributed by atoms with Crippen LogP contribution in [0.15, 0.2) is 24.3 Å². The van der Waals surface area contributed by atoms with Gasteiger partial charge in [0.25, 0.3) is 0 Å². The third-order valence-corrected chi connectivity index (χ3v) is 5.00. The Bertz CT molecular complexity index is 613. The van der Waals surface area contributed by atoms with Gasteiger partial charge >= 0.3 is 0 Å². The Morgan fingerprint density at radius 3 is 2.59 bits per heavy atom. The second-order valence-electron chi connectivity index (χ2n) is 6.52. The number of hydrogen-bond acceptors (Lipinski definition) is 3. The molecule has 2 fully saturated rings. The zero-order valence-electron chi connectivity index (χ0n) is 13.2. The fourth-order valence-corrected chi connectivity index (χ4v) is 3.54. The molecule has 1 amide bonds. The van der Waals surface area contributed by atoms with E-state index >= 15 is 0 Å². The van der Waals surface area contributed by atoms with Gasteiger partial charge in [-0.15, -0.1) is 0 Å². The summed E-state index contributed by atoms with van der Waals surface area (Å²) >= 11 is 0. The molecule has 4 heteroatoms. The number of anilines is 2. The molecule has 2 heterocycles. The highest BCUT2D eigenvalue weighted by Gasteiger charge is 2.31. The zero-order chi connectivity index (χ0) is 15.1. The van der Waals surface area contributed by atoms with Gasteiger partial charge in [0.2, 0.25) is 5.91 Å². The van der Waals surface area contributed by atoms with Crippen molar-refractivity contribution in [2.75, 3.05) is 42.5 Å². The molecule has 0 radical (unpaired) electrons. The summed E-state index contributed by atoms with van der Waals surface area (Å²) in [5.74, 6) is 0.188. The average molecular weight is 297 g/mol. The van der Waals surface area contributed by atoms with E-state index in [-0.39, 0.29) is 5.91 Å². The average Bonchev–Trinajstić information content (AvgIpc) is 3.38. The summed E-state index contributed by atoms with van der Waals surface area (Å²) in [7, 11) is 0. The Kier molecular flexibility index (Phi) is 3.32. The second-order valence-corrected chi connectivity index (χ2v) is 6.52. The van der Waals surface area contributed by atoms with Crippen molar-refractivity contribution in [3.63, 3.8) is 0 Å². The number of amides is 1. The number of nitrogens with zero attached hydrogens (tertiary/aromatic N) is 3. The molecule has 1 aromatic rings. The first-order valence-corrected chi connectivity index (χ1v) is 8.30. The van der Waals surface area contributed by atoms with Gasteiger partial charge in [0.15, 0.2) is 0 Å². The highest BCUT2D eigenvalue weighted by atomic mass is 16.2. The van der Waals surface area contributed by atoms with Gasteiger partial charge < -0.3 is 14.7 Å². The van der Waals surface area contributed by atoms with E-state index in [1.54, 1.807) is 6.92 Å². The van der Waals surface area contributed by atoms with Gasteiger partial charge in [-0.1, -0.05) is 12.2 Å². The largest absolute Gasteiger partial charge is 0.368 e. The highest BCUT2D eigenvalue weighted by molar-refractivity contribution is 5.76. The molecule has 2 aliphatic heterocycles. The summed E-state index contributed by atoms with van der Waals surface area (Å²) in [4.78, 5) is 18.3. The molecular weight excluding hydrogens is 274 g/mol. The lowest BCUT2D eigenvalue weighted by Crippen LogP contribution is -2.48. The maximum absolute atomic E-state index is 11.4. The van der Waals surface area contributed by atoms with Crippen LogP contribution >= 0.6 is 0 Å². The molecule has 0 spiro atoms. The first kappa shape index (κ1) is 13.7. The van der Waals surface area contributed by atoms with Crippen molar-refractivity contribution in [3.8, 4) is 0 Å². The van der Waals surface area contributed by atoms with E-state index in [9.17, 15) is 4.79 Å². The molecule has 0 bridgehead atoms. The minimum atomic E-state index is 0.188. The fraction of sp³-hybridized carbons (Fsp3) is 0.500. The number of carbonyl (C=O) groups excluding carboxylic acids is 1. The van der Waals surface area contributed by atoms with Crippen molar-refractivity contribution in [2.24, 2.45) is 0 Å². The molecule has 1 aromatic carbocycles. The van der Waals surface area contributed by atoms with Gasteiger partial charge in [-0.05, 0) is 36.6 Å². The van der Waals surface area contributed by atoms with E-state index in [2.05, 4.69) is 40.2 Å². The van der Waals surface area contributed by atoms with Crippen molar-refractivity contribution in [1.82, 2.24) is 4.90 Å². The normalized spacial score (nSPS) is 21.0. The number of piperazine rings is 1. The van der Waals surface area contributed by atoms with Crippen LogP contribution in [0.3, 0.4) is 0 Å². The summed E-state index contributed by atoms with van der Waals surface area (Å²) in [6, 6.07) is 7.60. The molecule has 0 unspecified atom stereocenters. The van der Waals surface area contributed by atoms with E-state index in [0.717, 1.165) is 38.8 Å². The lowest BCUT2D eigenvalue weighted by molar-refractivity contribution is -0.129. The SMILES string of the molecule is CC(=O)N1CCN(c2ccc3c(c2)C=CCN3C2CC2)CC1. The number of benzene rings is 1. The Morgan fingerprint density at radius 1 is 1.14 bits per heavy atom. The van der Waals surface area contributed by atoms with Gasteiger partial charge in [-0.3, -0.25) is 4.79 Å². The molecule has 1 aliphatic carbocycles. The van der Waals surface area contributed by atoms with Crippen molar-refractivity contribution >= 4 is 23.4 Å². The van der Waals surface area contributed by atoms with E-state index in [0.29, 0.717) is 0 Å². The van der Waals surface area contributed by atoms with Crippen LogP contribution < -0.4 is 9.80 Å². The molecule has 0 N–H and O–H groups in total. The minimum Gasteiger partial charge on any atom is -0.368 e. The van der Waals surface area contributed by atoms with E-state index in [1.165, 1.54) is 29.8 Å². The maximum atomic E-state index is 11.4. The van der Waals surface area contributed by atoms with Crippen LogP contribution in [0.5, 0.6) is 0 Å². The van der Waals surface area contributed by atoms with Gasteiger partial charge in [0, 0.05) is 57.1 Å². The Balaban J connectivity index is 1.52. The van der Waals surface area contributed by atoms with Crippen LogP contribution in [-0.2, 0) is 4.79 Å². The standard InChI is InChI=1S/C18H23N3O/c1-14(22)19-9-11-20(12-10-19)17-6-7-18-15(13-17)3-2-8-21(18)16-4-5-16/h2-3,6-7,13,16H,4-5,8-12H2,1H3.